The van der Waals surface area contributed by atoms with Crippen LogP contribution in [0.5, 0.6) is 5.75 Å². The minimum absolute atomic E-state index is 0.289. The van der Waals surface area contributed by atoms with Crippen LogP contribution < -0.4 is 10.1 Å². The number of ether oxygens (including phenoxy) is 2. The van der Waals surface area contributed by atoms with Gasteiger partial charge in [-0.1, -0.05) is 17.3 Å². The van der Waals surface area contributed by atoms with E-state index in [4.69, 9.17) is 26.2 Å². The van der Waals surface area contributed by atoms with E-state index in [1.54, 1.807) is 12.1 Å². The van der Waals surface area contributed by atoms with Crippen LogP contribution >= 0.6 is 12.2 Å². The van der Waals surface area contributed by atoms with Gasteiger partial charge in [-0.2, -0.15) is 4.98 Å². The summed E-state index contributed by atoms with van der Waals surface area (Å²) in [5, 5.41) is 8.24. The molecule has 0 spiro atoms. The van der Waals surface area contributed by atoms with Crippen molar-refractivity contribution in [2.24, 2.45) is 0 Å². The molecule has 0 saturated heterocycles. The third kappa shape index (κ3) is 5.68. The summed E-state index contributed by atoms with van der Waals surface area (Å²) in [6, 6.07) is 13.6. The Bertz CT molecular complexity index is 1180. The molecule has 0 radical (unpaired) electrons. The van der Waals surface area contributed by atoms with E-state index in [-0.39, 0.29) is 11.9 Å². The van der Waals surface area contributed by atoms with Gasteiger partial charge in [0.1, 0.15) is 11.6 Å². The lowest BCUT2D eigenvalue weighted by Crippen LogP contribution is -2.46. The van der Waals surface area contributed by atoms with E-state index in [1.807, 2.05) is 49.9 Å². The van der Waals surface area contributed by atoms with Crippen LogP contribution in [0.4, 0.5) is 4.39 Å². The van der Waals surface area contributed by atoms with Crippen molar-refractivity contribution in [3.63, 3.8) is 0 Å². The minimum Gasteiger partial charge on any atom is -0.494 e. The van der Waals surface area contributed by atoms with E-state index in [0.717, 1.165) is 29.0 Å². The maximum atomic E-state index is 13.4. The van der Waals surface area contributed by atoms with Crippen molar-refractivity contribution in [1.82, 2.24) is 20.4 Å². The van der Waals surface area contributed by atoms with E-state index in [2.05, 4.69) is 15.5 Å². The van der Waals surface area contributed by atoms with Crippen LogP contribution in [0.3, 0.4) is 0 Å². The van der Waals surface area contributed by atoms with Gasteiger partial charge in [-0.15, -0.1) is 0 Å². The minimum atomic E-state index is -0.320. The number of nitrogens with zero attached hydrogens (tertiary/aromatic N) is 3. The average molecular weight is 497 g/mol. The molecular formula is C26H29FN4O3S. The maximum absolute atomic E-state index is 13.4. The Morgan fingerprint density at radius 2 is 1.83 bits per heavy atom. The molecule has 0 aliphatic carbocycles. The first-order chi connectivity index (χ1) is 17.0. The van der Waals surface area contributed by atoms with Crippen molar-refractivity contribution >= 4 is 22.9 Å². The van der Waals surface area contributed by atoms with Gasteiger partial charge in [-0.25, -0.2) is 4.39 Å². The predicted molar refractivity (Wildman–Crippen MR) is 136 cm³/mol. The molecule has 1 aliphatic heterocycles. The fraction of sp³-hybridized carbons (Fsp3) is 0.346. The van der Waals surface area contributed by atoms with Crippen LogP contribution in [0, 0.1) is 5.82 Å². The molecule has 0 bridgehead atoms. The van der Waals surface area contributed by atoms with Gasteiger partial charge >= 0.3 is 0 Å². The Balaban J connectivity index is 1.71. The lowest BCUT2D eigenvalue weighted by Gasteiger charge is -2.37. The highest BCUT2D eigenvalue weighted by Crippen LogP contribution is 2.38. The zero-order valence-electron chi connectivity index (χ0n) is 20.1. The molecule has 0 fully saturated rings. The second kappa shape index (κ2) is 11.4. The van der Waals surface area contributed by atoms with Gasteiger partial charge in [0.15, 0.2) is 5.11 Å². The first kappa shape index (κ1) is 24.8. The fourth-order valence-corrected chi connectivity index (χ4v) is 4.37. The summed E-state index contributed by atoms with van der Waals surface area (Å²) in [6.45, 7) is 8.55. The lowest BCUT2D eigenvalue weighted by atomic mass is 9.94. The van der Waals surface area contributed by atoms with Crippen molar-refractivity contribution in [3.05, 3.63) is 71.5 Å². The number of benzene rings is 2. The average Bonchev–Trinajstić information content (AvgIpc) is 3.34. The van der Waals surface area contributed by atoms with Crippen molar-refractivity contribution in [1.29, 1.82) is 0 Å². The Labute approximate surface area is 209 Å². The first-order valence-electron chi connectivity index (χ1n) is 11.7. The van der Waals surface area contributed by atoms with E-state index in [0.29, 0.717) is 48.8 Å². The molecule has 3 aromatic rings. The van der Waals surface area contributed by atoms with E-state index in [9.17, 15) is 4.39 Å². The summed E-state index contributed by atoms with van der Waals surface area (Å²) in [5.74, 6) is 1.25. The summed E-state index contributed by atoms with van der Waals surface area (Å²) in [6.07, 6.45) is 0.818. The number of hydrogen-bond acceptors (Lipinski definition) is 6. The zero-order chi connectivity index (χ0) is 24.8. The second-order valence-corrected chi connectivity index (χ2v) is 8.40. The number of thiocarbonyl (C=S) groups is 1. The molecular weight excluding hydrogens is 467 g/mol. The van der Waals surface area contributed by atoms with Gasteiger partial charge in [0.05, 0.1) is 18.2 Å². The number of halogens is 1. The maximum Gasteiger partial charge on any atom is 0.258 e. The van der Waals surface area contributed by atoms with Crippen LogP contribution in [0.25, 0.3) is 17.0 Å². The van der Waals surface area contributed by atoms with Gasteiger partial charge in [0.2, 0.25) is 5.82 Å². The van der Waals surface area contributed by atoms with Gasteiger partial charge in [-0.3, -0.25) is 0 Å². The Kier molecular flexibility index (Phi) is 8.09. The summed E-state index contributed by atoms with van der Waals surface area (Å²) in [7, 11) is 0. The van der Waals surface area contributed by atoms with Crippen LogP contribution in [-0.2, 0) is 4.74 Å². The Hall–Kier alpha value is -3.30. The quantitative estimate of drug-likeness (QED) is 0.297. The monoisotopic (exact) mass is 496 g/mol. The number of hydrogen-bond donors (Lipinski definition) is 1. The van der Waals surface area contributed by atoms with Gasteiger partial charge in [0.25, 0.3) is 5.89 Å². The predicted octanol–water partition coefficient (Wildman–Crippen LogP) is 5.36. The molecule has 184 valence electrons. The van der Waals surface area contributed by atoms with Gasteiger partial charge in [0, 0.05) is 31.0 Å². The van der Waals surface area contributed by atoms with Crippen molar-refractivity contribution in [3.8, 4) is 17.1 Å². The van der Waals surface area contributed by atoms with Crippen LogP contribution in [0.1, 0.15) is 44.7 Å². The summed E-state index contributed by atoms with van der Waals surface area (Å²) < 4.78 is 30.2. The molecule has 7 nitrogen and oxygen atoms in total. The molecule has 1 atom stereocenters. The normalized spacial score (nSPS) is 15.9. The topological polar surface area (TPSA) is 72.7 Å². The molecule has 4 rings (SSSR count). The van der Waals surface area contributed by atoms with Crippen molar-refractivity contribution in [2.75, 3.05) is 26.4 Å². The SMILES string of the molecule is CCOCCCN1C(=S)NC(c2ccc(OCC)cc2)C(c2nc(-c3ccc(F)cc3)no2)=C1C. The Morgan fingerprint density at radius 3 is 2.51 bits per heavy atom. The molecule has 1 unspecified atom stereocenters. The van der Waals surface area contributed by atoms with E-state index < -0.39 is 0 Å². The highest BCUT2D eigenvalue weighted by Gasteiger charge is 2.34. The molecule has 1 aromatic heterocycles. The molecule has 2 heterocycles. The molecule has 35 heavy (non-hydrogen) atoms. The second-order valence-electron chi connectivity index (χ2n) is 8.02. The molecule has 9 heteroatoms. The summed E-state index contributed by atoms with van der Waals surface area (Å²) in [5.41, 5.74) is 3.42. The summed E-state index contributed by atoms with van der Waals surface area (Å²) >= 11 is 5.74. The third-order valence-electron chi connectivity index (χ3n) is 5.75. The van der Waals surface area contributed by atoms with E-state index >= 15 is 0 Å². The van der Waals surface area contributed by atoms with Gasteiger partial charge in [-0.05, 0) is 81.4 Å². The van der Waals surface area contributed by atoms with Crippen LogP contribution in [0.15, 0.2) is 58.8 Å². The first-order valence-corrected chi connectivity index (χ1v) is 12.1. The van der Waals surface area contributed by atoms with E-state index in [1.165, 1.54) is 12.1 Å². The number of allylic oxidation sites excluding steroid dienone is 1. The highest BCUT2D eigenvalue weighted by atomic mass is 32.1. The molecule has 1 N–H and O–H groups in total. The number of aromatic nitrogens is 2. The fourth-order valence-electron chi connectivity index (χ4n) is 4.02. The largest absolute Gasteiger partial charge is 0.494 e. The van der Waals surface area contributed by atoms with Crippen LogP contribution in [-0.4, -0.2) is 46.5 Å². The zero-order valence-corrected chi connectivity index (χ0v) is 20.9. The number of nitrogens with one attached hydrogen (secondary N) is 1. The highest BCUT2D eigenvalue weighted by molar-refractivity contribution is 7.80. The van der Waals surface area contributed by atoms with Crippen molar-refractivity contribution in [2.45, 2.75) is 33.2 Å². The molecule has 0 amide bonds. The van der Waals surface area contributed by atoms with Crippen LogP contribution in [0.2, 0.25) is 0 Å². The summed E-state index contributed by atoms with van der Waals surface area (Å²) in [4.78, 5) is 6.70. The Morgan fingerprint density at radius 1 is 1.09 bits per heavy atom. The molecule has 2 aromatic carbocycles. The standard InChI is InChI=1S/C26H29FN4O3S/c1-4-32-16-6-15-31-17(3)22(25-29-24(30-34-25)19-7-11-20(27)12-8-19)23(28-26(31)35)18-9-13-21(14-10-18)33-5-2/h7-14,23H,4-6,15-16H2,1-3H3,(H,28,35). The smallest absolute Gasteiger partial charge is 0.258 e. The molecule has 1 aliphatic rings. The molecule has 0 saturated carbocycles. The van der Waals surface area contributed by atoms with Crippen molar-refractivity contribution < 1.29 is 18.4 Å². The van der Waals surface area contributed by atoms with Gasteiger partial charge < -0.3 is 24.2 Å². The number of rotatable bonds is 10. The third-order valence-corrected chi connectivity index (χ3v) is 6.09. The lowest BCUT2D eigenvalue weighted by molar-refractivity contribution is 0.141.